The van der Waals surface area contributed by atoms with Crippen LogP contribution in [0.5, 0.6) is 5.75 Å². The van der Waals surface area contributed by atoms with Crippen LogP contribution in [-0.4, -0.2) is 10.1 Å². The molecule has 2 aromatic rings. The summed E-state index contributed by atoms with van der Waals surface area (Å²) in [6, 6.07) is 6.65. The van der Waals surface area contributed by atoms with Gasteiger partial charge in [-0.05, 0) is 31.2 Å². The van der Waals surface area contributed by atoms with E-state index in [1.54, 1.807) is 31.2 Å². The second-order valence-corrected chi connectivity index (χ2v) is 4.75. The van der Waals surface area contributed by atoms with E-state index in [1.807, 2.05) is 0 Å². The maximum absolute atomic E-state index is 9.41. The Labute approximate surface area is 114 Å². The van der Waals surface area contributed by atoms with Gasteiger partial charge in [-0.25, -0.2) is 4.98 Å². The van der Waals surface area contributed by atoms with Crippen molar-refractivity contribution in [3.63, 3.8) is 0 Å². The average Bonchev–Trinajstić information content (AvgIpc) is 2.29. The van der Waals surface area contributed by atoms with E-state index in [4.69, 9.17) is 34.8 Å². The van der Waals surface area contributed by atoms with Gasteiger partial charge in [0, 0.05) is 5.56 Å². The van der Waals surface area contributed by atoms with Gasteiger partial charge in [-0.3, -0.25) is 0 Å². The summed E-state index contributed by atoms with van der Waals surface area (Å²) in [6.07, 6.45) is 0. The molecule has 0 radical (unpaired) electrons. The van der Waals surface area contributed by atoms with Crippen molar-refractivity contribution in [3.05, 3.63) is 45.0 Å². The normalized spacial score (nSPS) is 10.6. The zero-order chi connectivity index (χ0) is 12.6. The minimum Gasteiger partial charge on any atom is -0.506 e. The van der Waals surface area contributed by atoms with Crippen LogP contribution in [0.3, 0.4) is 0 Å². The lowest BCUT2D eigenvalue weighted by atomic mass is 10.1. The maximum atomic E-state index is 9.41. The summed E-state index contributed by atoms with van der Waals surface area (Å²) in [5.74, 6) is 0.153. The number of hydrogen-bond acceptors (Lipinski definition) is 2. The maximum Gasteiger partial charge on any atom is 0.136 e. The number of benzene rings is 1. The van der Waals surface area contributed by atoms with Gasteiger partial charge in [0.1, 0.15) is 5.75 Å². The number of rotatable bonds is 1. The van der Waals surface area contributed by atoms with E-state index in [1.165, 1.54) is 0 Å². The molecule has 2 nitrogen and oxygen atoms in total. The van der Waals surface area contributed by atoms with Crippen LogP contribution in [0.1, 0.15) is 5.69 Å². The summed E-state index contributed by atoms with van der Waals surface area (Å²) in [5.41, 5.74) is 1.98. The smallest absolute Gasteiger partial charge is 0.136 e. The topological polar surface area (TPSA) is 33.1 Å². The second-order valence-electron chi connectivity index (χ2n) is 3.55. The molecule has 0 atom stereocenters. The molecule has 17 heavy (non-hydrogen) atoms. The van der Waals surface area contributed by atoms with Gasteiger partial charge in [-0.1, -0.05) is 34.8 Å². The predicted molar refractivity (Wildman–Crippen MR) is 71.1 cm³/mol. The Morgan fingerprint density at radius 1 is 1.06 bits per heavy atom. The lowest BCUT2D eigenvalue weighted by Crippen LogP contribution is -1.88. The Morgan fingerprint density at radius 3 is 2.18 bits per heavy atom. The van der Waals surface area contributed by atoms with Crippen LogP contribution >= 0.6 is 34.8 Å². The fourth-order valence-electron chi connectivity index (χ4n) is 1.42. The molecule has 5 heteroatoms. The summed E-state index contributed by atoms with van der Waals surface area (Å²) in [7, 11) is 0. The number of aromatic hydroxyl groups is 1. The number of hydrogen-bond donors (Lipinski definition) is 1. The number of nitrogens with zero attached hydrogens (tertiary/aromatic N) is 1. The van der Waals surface area contributed by atoms with Gasteiger partial charge < -0.3 is 5.11 Å². The van der Waals surface area contributed by atoms with Crippen molar-refractivity contribution in [3.8, 4) is 17.0 Å². The highest BCUT2D eigenvalue weighted by Gasteiger charge is 2.09. The van der Waals surface area contributed by atoms with E-state index in [2.05, 4.69) is 4.98 Å². The van der Waals surface area contributed by atoms with Crippen molar-refractivity contribution >= 4 is 34.8 Å². The van der Waals surface area contributed by atoms with Gasteiger partial charge in [0.2, 0.25) is 0 Å². The van der Waals surface area contributed by atoms with Crippen molar-refractivity contribution < 1.29 is 5.11 Å². The minimum atomic E-state index is 0.153. The fraction of sp³-hybridized carbons (Fsp3) is 0.0833. The van der Waals surface area contributed by atoms with Crippen LogP contribution in [0, 0.1) is 6.92 Å². The first kappa shape index (κ1) is 12.5. The van der Waals surface area contributed by atoms with Crippen LogP contribution in [0.4, 0.5) is 0 Å². The second kappa shape index (κ2) is 4.73. The molecule has 0 amide bonds. The van der Waals surface area contributed by atoms with Crippen LogP contribution in [-0.2, 0) is 0 Å². The van der Waals surface area contributed by atoms with Crippen molar-refractivity contribution in [2.45, 2.75) is 6.92 Å². The molecule has 0 aliphatic heterocycles. The van der Waals surface area contributed by atoms with Gasteiger partial charge in [0.05, 0.1) is 26.5 Å². The molecule has 1 aromatic heterocycles. The Kier molecular flexibility index (Phi) is 3.48. The third-order valence-corrected chi connectivity index (χ3v) is 3.53. The molecule has 1 aromatic carbocycles. The number of aromatic nitrogens is 1. The Bertz CT molecular complexity index is 561. The lowest BCUT2D eigenvalue weighted by Gasteiger charge is -2.06. The highest BCUT2D eigenvalue weighted by Crippen LogP contribution is 2.34. The molecular formula is C12H8Cl3NO. The third-order valence-electron chi connectivity index (χ3n) is 2.34. The molecule has 0 saturated carbocycles. The molecule has 0 spiro atoms. The number of aryl methyl sites for hydroxylation is 1. The molecule has 0 unspecified atom stereocenters. The minimum absolute atomic E-state index is 0.153. The van der Waals surface area contributed by atoms with Gasteiger partial charge in [0.25, 0.3) is 0 Å². The average molecular weight is 289 g/mol. The Hall–Kier alpha value is -0.960. The SMILES string of the molecule is Cc1nc(-c2cc(Cl)c(Cl)c(Cl)c2)ccc1O. The van der Waals surface area contributed by atoms with Crippen LogP contribution < -0.4 is 0 Å². The largest absolute Gasteiger partial charge is 0.506 e. The summed E-state index contributed by atoms with van der Waals surface area (Å²) in [5, 5.41) is 10.5. The Morgan fingerprint density at radius 2 is 1.65 bits per heavy atom. The molecule has 1 N–H and O–H groups in total. The van der Waals surface area contributed by atoms with Gasteiger partial charge in [-0.15, -0.1) is 0 Å². The summed E-state index contributed by atoms with van der Waals surface area (Å²) in [4.78, 5) is 4.24. The van der Waals surface area contributed by atoms with Crippen LogP contribution in [0.15, 0.2) is 24.3 Å². The number of halogens is 3. The Balaban J connectivity index is 2.57. The van der Waals surface area contributed by atoms with Crippen LogP contribution in [0.2, 0.25) is 15.1 Å². The highest BCUT2D eigenvalue weighted by atomic mass is 35.5. The molecular weight excluding hydrogens is 280 g/mol. The van der Waals surface area contributed by atoms with E-state index >= 15 is 0 Å². The van der Waals surface area contributed by atoms with Gasteiger partial charge in [0.15, 0.2) is 0 Å². The van der Waals surface area contributed by atoms with E-state index in [0.29, 0.717) is 26.5 Å². The van der Waals surface area contributed by atoms with Crippen molar-refractivity contribution in [2.75, 3.05) is 0 Å². The molecule has 0 aliphatic carbocycles. The molecule has 2 rings (SSSR count). The molecule has 0 saturated heterocycles. The van der Waals surface area contributed by atoms with Crippen molar-refractivity contribution in [1.82, 2.24) is 4.98 Å². The summed E-state index contributed by atoms with van der Waals surface area (Å²) < 4.78 is 0. The van der Waals surface area contributed by atoms with Crippen molar-refractivity contribution in [2.24, 2.45) is 0 Å². The predicted octanol–water partition coefficient (Wildman–Crippen LogP) is 4.72. The van der Waals surface area contributed by atoms with E-state index in [-0.39, 0.29) is 5.75 Å². The first-order valence-electron chi connectivity index (χ1n) is 4.80. The summed E-state index contributed by atoms with van der Waals surface area (Å²) in [6.45, 7) is 1.72. The van der Waals surface area contributed by atoms with Gasteiger partial charge in [-0.2, -0.15) is 0 Å². The standard InChI is InChI=1S/C12H8Cl3NO/c1-6-11(17)3-2-10(16-6)7-4-8(13)12(15)9(14)5-7/h2-5,17H,1H3. The summed E-state index contributed by atoms with van der Waals surface area (Å²) >= 11 is 17.8. The quantitative estimate of drug-likeness (QED) is 0.770. The highest BCUT2D eigenvalue weighted by molar-refractivity contribution is 6.48. The fourth-order valence-corrected chi connectivity index (χ4v) is 2.01. The van der Waals surface area contributed by atoms with Gasteiger partial charge >= 0.3 is 0 Å². The lowest BCUT2D eigenvalue weighted by molar-refractivity contribution is 0.468. The first-order valence-corrected chi connectivity index (χ1v) is 5.94. The van der Waals surface area contributed by atoms with E-state index in [9.17, 15) is 5.11 Å². The number of pyridine rings is 1. The molecule has 1 heterocycles. The monoisotopic (exact) mass is 287 g/mol. The van der Waals surface area contributed by atoms with E-state index in [0.717, 1.165) is 5.56 Å². The molecule has 0 aliphatic rings. The zero-order valence-corrected chi connectivity index (χ0v) is 11.1. The molecule has 88 valence electrons. The van der Waals surface area contributed by atoms with Crippen molar-refractivity contribution in [1.29, 1.82) is 0 Å². The molecule has 0 bridgehead atoms. The first-order chi connectivity index (χ1) is 7.99. The van der Waals surface area contributed by atoms with Crippen LogP contribution in [0.25, 0.3) is 11.3 Å². The third kappa shape index (κ3) is 2.49. The molecule has 0 fully saturated rings. The van der Waals surface area contributed by atoms with E-state index < -0.39 is 0 Å². The zero-order valence-electron chi connectivity index (χ0n) is 8.84.